The summed E-state index contributed by atoms with van der Waals surface area (Å²) in [6, 6.07) is 10.1. The lowest BCUT2D eigenvalue weighted by Gasteiger charge is -2.21. The van der Waals surface area contributed by atoms with Crippen molar-refractivity contribution < 1.29 is 0 Å². The van der Waals surface area contributed by atoms with Gasteiger partial charge >= 0.3 is 0 Å². The zero-order chi connectivity index (χ0) is 13.2. The highest BCUT2D eigenvalue weighted by Crippen LogP contribution is 2.39. The minimum Gasteiger partial charge on any atom is -0.220 e. The standard InChI is InChI=1S/C15H17N3S/c1-11-8-15(19-10-12(11)2)14-9-18(17-16-14)13-6-4-3-5-7-13/h3-7,9,15H,8,10H2,1-2H3/t15-/m0/s1. The van der Waals surface area contributed by atoms with Crippen molar-refractivity contribution in [2.24, 2.45) is 0 Å². The maximum absolute atomic E-state index is 4.35. The number of hydrogen-bond donors (Lipinski definition) is 0. The molecule has 0 radical (unpaired) electrons. The highest BCUT2D eigenvalue weighted by atomic mass is 32.2. The molecule has 3 nitrogen and oxygen atoms in total. The molecule has 0 unspecified atom stereocenters. The van der Waals surface area contributed by atoms with Crippen molar-refractivity contribution in [3.63, 3.8) is 0 Å². The van der Waals surface area contributed by atoms with E-state index < -0.39 is 0 Å². The van der Waals surface area contributed by atoms with E-state index in [4.69, 9.17) is 0 Å². The molecule has 98 valence electrons. The Morgan fingerprint density at radius 2 is 1.95 bits per heavy atom. The van der Waals surface area contributed by atoms with Crippen LogP contribution in [0.4, 0.5) is 0 Å². The molecule has 1 atom stereocenters. The maximum atomic E-state index is 4.35. The fourth-order valence-corrected chi connectivity index (χ4v) is 3.53. The molecular formula is C15H17N3S. The van der Waals surface area contributed by atoms with Crippen LogP contribution in [-0.2, 0) is 0 Å². The smallest absolute Gasteiger partial charge is 0.0964 e. The van der Waals surface area contributed by atoms with Gasteiger partial charge in [0.05, 0.1) is 22.8 Å². The average Bonchev–Trinajstić information content (AvgIpc) is 2.93. The van der Waals surface area contributed by atoms with E-state index >= 15 is 0 Å². The molecule has 0 fully saturated rings. The Bertz CT molecular complexity index is 601. The van der Waals surface area contributed by atoms with Crippen LogP contribution in [0.3, 0.4) is 0 Å². The van der Waals surface area contributed by atoms with Crippen LogP contribution in [0.1, 0.15) is 31.2 Å². The number of benzene rings is 1. The van der Waals surface area contributed by atoms with E-state index in [1.165, 1.54) is 11.1 Å². The minimum atomic E-state index is 0.446. The molecule has 1 aliphatic rings. The summed E-state index contributed by atoms with van der Waals surface area (Å²) in [5.41, 5.74) is 5.15. The Balaban J connectivity index is 1.83. The molecule has 1 aromatic carbocycles. The molecule has 3 rings (SSSR count). The number of para-hydroxylation sites is 1. The van der Waals surface area contributed by atoms with Crippen LogP contribution >= 0.6 is 11.8 Å². The summed E-state index contributed by atoms with van der Waals surface area (Å²) in [6.07, 6.45) is 3.14. The van der Waals surface area contributed by atoms with Crippen molar-refractivity contribution in [1.29, 1.82) is 0 Å². The molecule has 4 heteroatoms. The van der Waals surface area contributed by atoms with Crippen LogP contribution in [0.5, 0.6) is 0 Å². The Morgan fingerprint density at radius 3 is 2.68 bits per heavy atom. The van der Waals surface area contributed by atoms with Crippen LogP contribution in [0, 0.1) is 0 Å². The third-order valence-electron chi connectivity index (χ3n) is 3.58. The molecule has 2 aromatic rings. The molecule has 0 amide bonds. The monoisotopic (exact) mass is 271 g/mol. The zero-order valence-electron chi connectivity index (χ0n) is 11.2. The molecule has 0 saturated heterocycles. The molecule has 1 aliphatic heterocycles. The molecule has 0 bridgehead atoms. The van der Waals surface area contributed by atoms with Crippen molar-refractivity contribution in [1.82, 2.24) is 15.0 Å². The largest absolute Gasteiger partial charge is 0.220 e. The fraction of sp³-hybridized carbons (Fsp3) is 0.333. The molecule has 1 aromatic heterocycles. The second-order valence-corrected chi connectivity index (χ2v) is 6.18. The van der Waals surface area contributed by atoms with Crippen molar-refractivity contribution >= 4 is 11.8 Å². The third kappa shape index (κ3) is 2.59. The van der Waals surface area contributed by atoms with Crippen molar-refractivity contribution in [3.8, 4) is 5.69 Å². The molecule has 0 spiro atoms. The number of aromatic nitrogens is 3. The van der Waals surface area contributed by atoms with Gasteiger partial charge in [-0.15, -0.1) is 16.9 Å². The predicted molar refractivity (Wildman–Crippen MR) is 79.5 cm³/mol. The molecular weight excluding hydrogens is 254 g/mol. The van der Waals surface area contributed by atoms with Crippen LogP contribution in [0.25, 0.3) is 5.69 Å². The number of nitrogens with zero attached hydrogens (tertiary/aromatic N) is 3. The van der Waals surface area contributed by atoms with E-state index in [0.29, 0.717) is 5.25 Å². The van der Waals surface area contributed by atoms with E-state index in [0.717, 1.165) is 23.6 Å². The number of allylic oxidation sites excluding steroid dienone is 1. The SMILES string of the molecule is CC1=C(C)C[C@@H](c2cn(-c3ccccc3)nn2)SC1. The Labute approximate surface area is 117 Å². The first-order chi connectivity index (χ1) is 9.24. The highest BCUT2D eigenvalue weighted by molar-refractivity contribution is 7.99. The topological polar surface area (TPSA) is 30.7 Å². The second-order valence-electron chi connectivity index (χ2n) is 4.99. The van der Waals surface area contributed by atoms with Gasteiger partial charge in [-0.2, -0.15) is 0 Å². The lowest BCUT2D eigenvalue weighted by atomic mass is 10.1. The Hall–Kier alpha value is -1.55. The van der Waals surface area contributed by atoms with Crippen LogP contribution < -0.4 is 0 Å². The molecule has 0 N–H and O–H groups in total. The third-order valence-corrected chi connectivity index (χ3v) is 4.99. The fourth-order valence-electron chi connectivity index (χ4n) is 2.18. The van der Waals surface area contributed by atoms with Crippen molar-refractivity contribution in [2.75, 3.05) is 5.75 Å². The predicted octanol–water partition coefficient (Wildman–Crippen LogP) is 3.78. The average molecular weight is 271 g/mol. The van der Waals surface area contributed by atoms with E-state index in [-0.39, 0.29) is 0 Å². The van der Waals surface area contributed by atoms with E-state index in [2.05, 4.69) is 30.4 Å². The van der Waals surface area contributed by atoms with Crippen molar-refractivity contribution in [3.05, 3.63) is 53.4 Å². The second kappa shape index (κ2) is 5.21. The summed E-state index contributed by atoms with van der Waals surface area (Å²) in [7, 11) is 0. The van der Waals surface area contributed by atoms with Gasteiger partial charge in [0.2, 0.25) is 0 Å². The maximum Gasteiger partial charge on any atom is 0.0964 e. The summed E-state index contributed by atoms with van der Waals surface area (Å²) in [4.78, 5) is 0. The molecule has 2 heterocycles. The number of hydrogen-bond acceptors (Lipinski definition) is 3. The highest BCUT2D eigenvalue weighted by Gasteiger charge is 2.21. The van der Waals surface area contributed by atoms with Crippen LogP contribution in [0.15, 0.2) is 47.7 Å². The van der Waals surface area contributed by atoms with Gasteiger partial charge in [0, 0.05) is 5.75 Å². The van der Waals surface area contributed by atoms with Gasteiger partial charge in [0.1, 0.15) is 0 Å². The summed E-state index contributed by atoms with van der Waals surface area (Å²) in [5.74, 6) is 1.11. The number of thioether (sulfide) groups is 1. The van der Waals surface area contributed by atoms with Gasteiger partial charge in [-0.3, -0.25) is 0 Å². The quantitative estimate of drug-likeness (QED) is 0.779. The molecule has 19 heavy (non-hydrogen) atoms. The normalized spacial score (nSPS) is 19.8. The lowest BCUT2D eigenvalue weighted by Crippen LogP contribution is -2.05. The van der Waals surface area contributed by atoms with Gasteiger partial charge in [0.25, 0.3) is 0 Å². The van der Waals surface area contributed by atoms with E-state index in [1.807, 2.05) is 46.8 Å². The molecule has 0 saturated carbocycles. The summed E-state index contributed by atoms with van der Waals surface area (Å²) in [6.45, 7) is 4.45. The van der Waals surface area contributed by atoms with Crippen LogP contribution in [-0.4, -0.2) is 20.7 Å². The first-order valence-electron chi connectivity index (χ1n) is 6.48. The first-order valence-corrected chi connectivity index (χ1v) is 7.53. The lowest BCUT2D eigenvalue weighted by molar-refractivity contribution is 0.788. The summed E-state index contributed by atoms with van der Waals surface area (Å²) < 4.78 is 1.86. The summed E-state index contributed by atoms with van der Waals surface area (Å²) >= 11 is 1.96. The van der Waals surface area contributed by atoms with Gasteiger partial charge in [0.15, 0.2) is 0 Å². The van der Waals surface area contributed by atoms with E-state index in [9.17, 15) is 0 Å². The zero-order valence-corrected chi connectivity index (χ0v) is 12.0. The first kappa shape index (κ1) is 12.5. The number of rotatable bonds is 2. The van der Waals surface area contributed by atoms with Gasteiger partial charge in [-0.05, 0) is 32.4 Å². The van der Waals surface area contributed by atoms with Crippen LogP contribution in [0.2, 0.25) is 0 Å². The van der Waals surface area contributed by atoms with E-state index in [1.54, 1.807) is 0 Å². The summed E-state index contributed by atoms with van der Waals surface area (Å²) in [5, 5.41) is 9.03. The van der Waals surface area contributed by atoms with Gasteiger partial charge in [-0.25, -0.2) is 4.68 Å². The minimum absolute atomic E-state index is 0.446. The molecule has 0 aliphatic carbocycles. The van der Waals surface area contributed by atoms with Gasteiger partial charge in [-0.1, -0.05) is 34.6 Å². The Morgan fingerprint density at radius 1 is 1.16 bits per heavy atom. The van der Waals surface area contributed by atoms with Crippen molar-refractivity contribution in [2.45, 2.75) is 25.5 Å². The van der Waals surface area contributed by atoms with Gasteiger partial charge < -0.3 is 0 Å². The Kier molecular flexibility index (Phi) is 3.42.